The second-order valence-corrected chi connectivity index (χ2v) is 12.8. The third kappa shape index (κ3) is 6.93. The minimum atomic E-state index is -1.63. The van der Waals surface area contributed by atoms with Crippen LogP contribution in [0.1, 0.15) is 61.6 Å². The predicted molar refractivity (Wildman–Crippen MR) is 171 cm³/mol. The normalized spacial score (nSPS) is 27.4. The van der Waals surface area contributed by atoms with Crippen LogP contribution >= 0.6 is 11.6 Å². The number of aryl methyl sites for hydroxylation is 1. The van der Waals surface area contributed by atoms with Crippen molar-refractivity contribution in [1.29, 1.82) is 0 Å². The number of carbonyl (C=O) groups excluding carboxylic acids is 2. The lowest BCUT2D eigenvalue weighted by Crippen LogP contribution is -2.45. The summed E-state index contributed by atoms with van der Waals surface area (Å²) < 4.78 is 17.7. The van der Waals surface area contributed by atoms with Gasteiger partial charge in [-0.3, -0.25) is 4.79 Å². The summed E-state index contributed by atoms with van der Waals surface area (Å²) in [5.74, 6) is 0.326. The van der Waals surface area contributed by atoms with Crippen LogP contribution in [0.25, 0.3) is 0 Å². The number of allylic oxidation sites excluding steroid dienone is 1. The summed E-state index contributed by atoms with van der Waals surface area (Å²) in [7, 11) is 4.50. The minimum absolute atomic E-state index is 0.177. The summed E-state index contributed by atoms with van der Waals surface area (Å²) in [6.45, 7) is 2.40. The molecule has 2 aromatic carbocycles. The summed E-state index contributed by atoms with van der Waals surface area (Å²) in [4.78, 5) is 30.9. The molecule has 5 rings (SSSR count). The molecule has 1 aliphatic carbocycles. The molecule has 1 amide bonds. The fourth-order valence-electron chi connectivity index (χ4n) is 6.77. The van der Waals surface area contributed by atoms with E-state index in [0.717, 1.165) is 69.3 Å². The Hall–Kier alpha value is -3.07. The molecule has 0 spiro atoms. The Balaban J connectivity index is 1.61. The number of carbonyl (C=O) groups is 2. The standard InChI is InChI=1S/C35H45ClN2O6/c1-37-17-7-4-5-10-31(39)29-15-12-25(29)22-38-18-8-6-9-24-19-28(36)14-11-26(24)23-44-32-16-13-27(20-30(32)38)35(43-3,21-33(37)40)34(41)42-2/h5,10-11,13-14,16,19-20,25,29,31,39H,4,6-9,12,15,17-18,21-23H2,1-3H3/b10-5+/t25-,29+,31-,35-/m0/s1. The number of aliphatic hydroxyl groups excluding tert-OH is 1. The van der Waals surface area contributed by atoms with Crippen LogP contribution < -0.4 is 9.64 Å². The molecule has 0 aromatic heterocycles. The first-order valence-electron chi connectivity index (χ1n) is 15.8. The highest BCUT2D eigenvalue weighted by atomic mass is 35.5. The van der Waals surface area contributed by atoms with Gasteiger partial charge in [-0.25, -0.2) is 4.79 Å². The highest BCUT2D eigenvalue weighted by Gasteiger charge is 2.45. The van der Waals surface area contributed by atoms with E-state index in [0.29, 0.717) is 35.4 Å². The van der Waals surface area contributed by atoms with Crippen LogP contribution in [0, 0.1) is 11.8 Å². The quantitative estimate of drug-likeness (QED) is 0.341. The molecule has 1 saturated carbocycles. The van der Waals surface area contributed by atoms with Gasteiger partial charge in [-0.2, -0.15) is 0 Å². The number of hydrogen-bond donors (Lipinski definition) is 1. The summed E-state index contributed by atoms with van der Waals surface area (Å²) in [5.41, 5.74) is 2.03. The molecule has 4 atom stereocenters. The lowest BCUT2D eigenvalue weighted by atomic mass is 9.70. The Bertz CT molecular complexity index is 1360. The van der Waals surface area contributed by atoms with Crippen molar-refractivity contribution >= 4 is 29.2 Å². The first kappa shape index (κ1) is 32.3. The molecule has 2 aromatic rings. The number of benzene rings is 2. The second-order valence-electron chi connectivity index (χ2n) is 12.4. The molecule has 1 N–H and O–H groups in total. The Morgan fingerprint density at radius 3 is 2.66 bits per heavy atom. The first-order valence-corrected chi connectivity index (χ1v) is 16.2. The van der Waals surface area contributed by atoms with Crippen LogP contribution in [-0.2, 0) is 37.7 Å². The Morgan fingerprint density at radius 2 is 1.91 bits per heavy atom. The van der Waals surface area contributed by atoms with Crippen LogP contribution in [0.2, 0.25) is 5.02 Å². The SMILES string of the molecule is COC(=O)[C@]1(OC)CC(=O)N(C)CCC/C=C/[C@H](O)[C@@H]2CC[C@H]2CN2CCCCc3cc(Cl)ccc3COc3ccc1cc32. The van der Waals surface area contributed by atoms with Gasteiger partial charge in [0.2, 0.25) is 5.91 Å². The number of rotatable bonds is 2. The van der Waals surface area contributed by atoms with Crippen molar-refractivity contribution in [3.05, 3.63) is 70.3 Å². The molecule has 1 fully saturated rings. The van der Waals surface area contributed by atoms with Gasteiger partial charge in [-0.1, -0.05) is 35.9 Å². The number of amides is 1. The Morgan fingerprint density at radius 1 is 1.07 bits per heavy atom. The van der Waals surface area contributed by atoms with Crippen LogP contribution in [0.3, 0.4) is 0 Å². The Labute approximate surface area is 265 Å². The zero-order valence-electron chi connectivity index (χ0n) is 26.1. The van der Waals surface area contributed by atoms with Crippen molar-refractivity contribution in [2.45, 2.75) is 69.7 Å². The zero-order chi connectivity index (χ0) is 31.3. The Kier molecular flexibility index (Phi) is 10.5. The number of nitrogens with zero attached hydrogens (tertiary/aromatic N) is 2. The molecule has 44 heavy (non-hydrogen) atoms. The maximum atomic E-state index is 13.5. The van der Waals surface area contributed by atoms with Gasteiger partial charge in [0.05, 0.1) is 25.3 Å². The number of methoxy groups -OCH3 is 2. The molecule has 238 valence electrons. The van der Waals surface area contributed by atoms with Crippen LogP contribution in [0.4, 0.5) is 5.69 Å². The van der Waals surface area contributed by atoms with E-state index in [2.05, 4.69) is 4.90 Å². The maximum Gasteiger partial charge on any atom is 0.343 e. The molecular formula is C35H45ClN2O6. The highest BCUT2D eigenvalue weighted by Crippen LogP contribution is 2.43. The summed E-state index contributed by atoms with van der Waals surface area (Å²) in [6, 6.07) is 11.6. The van der Waals surface area contributed by atoms with Crippen molar-refractivity contribution in [2.75, 3.05) is 45.8 Å². The van der Waals surface area contributed by atoms with Gasteiger partial charge in [0.25, 0.3) is 0 Å². The number of anilines is 1. The van der Waals surface area contributed by atoms with E-state index in [4.69, 9.17) is 25.8 Å². The number of halogens is 1. The topological polar surface area (TPSA) is 88.5 Å². The van der Waals surface area contributed by atoms with Gasteiger partial charge in [0.15, 0.2) is 5.60 Å². The van der Waals surface area contributed by atoms with Crippen molar-refractivity contribution in [3.63, 3.8) is 0 Å². The van der Waals surface area contributed by atoms with Gasteiger partial charge < -0.3 is 29.1 Å². The molecule has 8 nitrogen and oxygen atoms in total. The van der Waals surface area contributed by atoms with Crippen LogP contribution in [0.15, 0.2) is 48.6 Å². The van der Waals surface area contributed by atoms with Gasteiger partial charge in [0, 0.05) is 38.8 Å². The van der Waals surface area contributed by atoms with Crippen molar-refractivity contribution in [1.82, 2.24) is 4.90 Å². The average Bonchev–Trinajstić information content (AvgIpc) is 3.03. The summed E-state index contributed by atoms with van der Waals surface area (Å²) in [6.07, 6.45) is 9.57. The molecule has 3 aliphatic rings. The van der Waals surface area contributed by atoms with E-state index in [1.54, 1.807) is 18.0 Å². The number of esters is 1. The monoisotopic (exact) mass is 624 g/mol. The third-order valence-electron chi connectivity index (χ3n) is 9.70. The first-order chi connectivity index (χ1) is 21.3. The average molecular weight is 625 g/mol. The van der Waals surface area contributed by atoms with Gasteiger partial charge in [-0.05, 0) is 97.7 Å². The predicted octanol–water partition coefficient (Wildman–Crippen LogP) is 5.66. The number of hydrogen-bond acceptors (Lipinski definition) is 7. The summed E-state index contributed by atoms with van der Waals surface area (Å²) >= 11 is 6.35. The number of fused-ring (bicyclic) bond motifs is 3. The van der Waals surface area contributed by atoms with Crippen molar-refractivity contribution in [3.8, 4) is 5.75 Å². The van der Waals surface area contributed by atoms with Gasteiger partial charge in [0.1, 0.15) is 12.4 Å². The molecule has 0 radical (unpaired) electrons. The minimum Gasteiger partial charge on any atom is -0.487 e. The molecule has 9 heteroatoms. The molecular weight excluding hydrogens is 580 g/mol. The van der Waals surface area contributed by atoms with E-state index < -0.39 is 17.7 Å². The van der Waals surface area contributed by atoms with Gasteiger partial charge in [-0.15, -0.1) is 0 Å². The fourth-order valence-corrected chi connectivity index (χ4v) is 6.97. The molecule has 2 bridgehead atoms. The van der Waals surface area contributed by atoms with E-state index in [9.17, 15) is 14.7 Å². The maximum absolute atomic E-state index is 13.5. The highest BCUT2D eigenvalue weighted by molar-refractivity contribution is 6.30. The van der Waals surface area contributed by atoms with E-state index in [1.165, 1.54) is 19.8 Å². The summed E-state index contributed by atoms with van der Waals surface area (Å²) in [5, 5.41) is 11.8. The smallest absolute Gasteiger partial charge is 0.343 e. The van der Waals surface area contributed by atoms with Crippen LogP contribution in [-0.4, -0.2) is 68.9 Å². The molecule has 0 unspecified atom stereocenters. The van der Waals surface area contributed by atoms with Crippen molar-refractivity contribution < 1.29 is 28.9 Å². The largest absolute Gasteiger partial charge is 0.487 e. The van der Waals surface area contributed by atoms with E-state index >= 15 is 0 Å². The number of ether oxygens (including phenoxy) is 3. The third-order valence-corrected chi connectivity index (χ3v) is 9.93. The second kappa shape index (κ2) is 14.4. The zero-order valence-corrected chi connectivity index (χ0v) is 26.9. The molecule has 2 aliphatic heterocycles. The van der Waals surface area contributed by atoms with Gasteiger partial charge >= 0.3 is 5.97 Å². The number of aliphatic hydroxyl groups is 1. The lowest BCUT2D eigenvalue weighted by molar-refractivity contribution is -0.172. The van der Waals surface area contributed by atoms with Crippen molar-refractivity contribution in [2.24, 2.45) is 11.8 Å². The van der Waals surface area contributed by atoms with E-state index in [-0.39, 0.29) is 18.2 Å². The molecule has 0 saturated heterocycles. The lowest BCUT2D eigenvalue weighted by Gasteiger charge is -2.43. The van der Waals surface area contributed by atoms with Crippen LogP contribution in [0.5, 0.6) is 5.75 Å². The fraction of sp³-hybridized carbons (Fsp3) is 0.543. The van der Waals surface area contributed by atoms with E-state index in [1.807, 2.05) is 42.5 Å². The molecule has 2 heterocycles.